The Hall–Kier alpha value is -0.650. The number of halogens is 1. The minimum Gasteiger partial charge on any atom is -0.460 e. The Bertz CT molecular complexity index is 363. The highest BCUT2D eigenvalue weighted by Gasteiger charge is 2.35. The van der Waals surface area contributed by atoms with E-state index in [1.54, 1.807) is 13.2 Å². The lowest BCUT2D eigenvalue weighted by molar-refractivity contribution is 0.0605. The van der Waals surface area contributed by atoms with Crippen LogP contribution in [0.4, 0.5) is 0 Å². The van der Waals surface area contributed by atoms with Crippen LogP contribution in [0.15, 0.2) is 21.2 Å². The molecule has 1 fully saturated rings. The van der Waals surface area contributed by atoms with E-state index in [0.29, 0.717) is 23.3 Å². The summed E-state index contributed by atoms with van der Waals surface area (Å²) in [5.74, 6) is 0.215. The Morgan fingerprint density at radius 3 is 3.07 bits per heavy atom. The van der Waals surface area contributed by atoms with Crippen LogP contribution in [0.1, 0.15) is 10.6 Å². The van der Waals surface area contributed by atoms with Gasteiger partial charge in [0.15, 0.2) is 5.76 Å². The molecule has 2 unspecified atom stereocenters. The molecule has 0 amide bonds. The van der Waals surface area contributed by atoms with Crippen molar-refractivity contribution in [3.05, 3.63) is 22.6 Å². The predicted molar refractivity (Wildman–Crippen MR) is 57.9 cm³/mol. The van der Waals surface area contributed by atoms with Gasteiger partial charge in [0, 0.05) is 20.2 Å². The third-order valence-electron chi connectivity index (χ3n) is 2.64. The van der Waals surface area contributed by atoms with Crippen molar-refractivity contribution >= 4 is 21.7 Å². The molecule has 15 heavy (non-hydrogen) atoms. The Kier molecular flexibility index (Phi) is 3.23. The van der Waals surface area contributed by atoms with E-state index in [-0.39, 0.29) is 17.8 Å². The van der Waals surface area contributed by atoms with Crippen molar-refractivity contribution < 1.29 is 13.9 Å². The van der Waals surface area contributed by atoms with Gasteiger partial charge in [-0.15, -0.1) is 0 Å². The van der Waals surface area contributed by atoms with Gasteiger partial charge in [0.25, 0.3) is 0 Å². The van der Waals surface area contributed by atoms with Crippen molar-refractivity contribution in [2.45, 2.75) is 6.10 Å². The molecular formula is C10H12BrNO3. The normalized spacial score (nSPS) is 25.7. The molecule has 82 valence electrons. The van der Waals surface area contributed by atoms with Crippen molar-refractivity contribution in [3.8, 4) is 0 Å². The van der Waals surface area contributed by atoms with E-state index in [1.165, 1.54) is 6.26 Å². The van der Waals surface area contributed by atoms with Gasteiger partial charge in [0.1, 0.15) is 0 Å². The highest BCUT2D eigenvalue weighted by atomic mass is 79.9. The molecule has 2 heterocycles. The fourth-order valence-corrected chi connectivity index (χ4v) is 2.20. The number of nitrogens with one attached hydrogen (secondary N) is 1. The van der Waals surface area contributed by atoms with Crippen LogP contribution in [0.5, 0.6) is 0 Å². The topological polar surface area (TPSA) is 51.5 Å². The number of carbonyl (C=O) groups is 1. The molecule has 2 rings (SSSR count). The van der Waals surface area contributed by atoms with Gasteiger partial charge in [-0.25, -0.2) is 0 Å². The lowest BCUT2D eigenvalue weighted by atomic mass is 9.99. The van der Waals surface area contributed by atoms with Crippen LogP contribution in [-0.2, 0) is 4.74 Å². The first-order chi connectivity index (χ1) is 7.24. The molecule has 0 spiro atoms. The Balaban J connectivity index is 2.18. The lowest BCUT2D eigenvalue weighted by Crippen LogP contribution is -2.28. The second-order valence-corrected chi connectivity index (χ2v) is 4.36. The first-order valence-corrected chi connectivity index (χ1v) is 5.54. The summed E-state index contributed by atoms with van der Waals surface area (Å²) < 4.78 is 11.1. The van der Waals surface area contributed by atoms with Crippen molar-refractivity contribution in [2.24, 2.45) is 5.92 Å². The van der Waals surface area contributed by atoms with Gasteiger partial charge >= 0.3 is 0 Å². The fraction of sp³-hybridized carbons (Fsp3) is 0.500. The van der Waals surface area contributed by atoms with Crippen LogP contribution in [0.2, 0.25) is 0 Å². The van der Waals surface area contributed by atoms with Crippen LogP contribution in [0, 0.1) is 5.92 Å². The van der Waals surface area contributed by atoms with Gasteiger partial charge < -0.3 is 14.5 Å². The molecule has 1 aliphatic rings. The van der Waals surface area contributed by atoms with Crippen LogP contribution >= 0.6 is 15.9 Å². The Morgan fingerprint density at radius 1 is 1.67 bits per heavy atom. The molecule has 5 heteroatoms. The summed E-state index contributed by atoms with van der Waals surface area (Å²) >= 11 is 3.28. The summed E-state index contributed by atoms with van der Waals surface area (Å²) in [5.41, 5.74) is 0. The van der Waals surface area contributed by atoms with E-state index in [4.69, 9.17) is 9.15 Å². The summed E-state index contributed by atoms with van der Waals surface area (Å²) in [7, 11) is 1.62. The van der Waals surface area contributed by atoms with Gasteiger partial charge in [-0.2, -0.15) is 0 Å². The van der Waals surface area contributed by atoms with Gasteiger partial charge in [0.2, 0.25) is 5.78 Å². The van der Waals surface area contributed by atoms with Crippen molar-refractivity contribution in [1.29, 1.82) is 0 Å². The molecule has 2 atom stereocenters. The number of carbonyl (C=O) groups excluding carboxylic acids is 1. The molecule has 1 aliphatic heterocycles. The molecule has 1 N–H and O–H groups in total. The van der Waals surface area contributed by atoms with E-state index in [2.05, 4.69) is 21.2 Å². The zero-order valence-corrected chi connectivity index (χ0v) is 9.91. The van der Waals surface area contributed by atoms with Crippen molar-refractivity contribution in [3.63, 3.8) is 0 Å². The Morgan fingerprint density at radius 2 is 2.47 bits per heavy atom. The van der Waals surface area contributed by atoms with Gasteiger partial charge in [0.05, 0.1) is 22.8 Å². The summed E-state index contributed by atoms with van der Waals surface area (Å²) in [4.78, 5) is 12.1. The number of ether oxygens (including phenoxy) is 1. The van der Waals surface area contributed by atoms with Crippen molar-refractivity contribution in [1.82, 2.24) is 5.32 Å². The first kappa shape index (κ1) is 10.9. The molecule has 0 bridgehead atoms. The molecule has 0 aromatic carbocycles. The fourth-order valence-electron chi connectivity index (χ4n) is 1.80. The minimum atomic E-state index is -0.155. The highest BCUT2D eigenvalue weighted by Crippen LogP contribution is 2.24. The standard InChI is InChI=1S/C10H12BrNO3/c1-14-8-5-12-4-6(8)9(13)10-7(11)2-3-15-10/h2-3,6,8,12H,4-5H2,1H3. The second kappa shape index (κ2) is 4.47. The maximum atomic E-state index is 12.1. The summed E-state index contributed by atoms with van der Waals surface area (Å²) in [5, 5.41) is 3.13. The largest absolute Gasteiger partial charge is 0.460 e. The van der Waals surface area contributed by atoms with Gasteiger partial charge in [-0.3, -0.25) is 4.79 Å². The number of methoxy groups -OCH3 is 1. The SMILES string of the molecule is COC1CNCC1C(=O)c1occc1Br. The zero-order chi connectivity index (χ0) is 10.8. The van der Waals surface area contributed by atoms with Crippen LogP contribution < -0.4 is 5.32 Å². The first-order valence-electron chi connectivity index (χ1n) is 4.74. The molecule has 1 saturated heterocycles. The molecular weight excluding hydrogens is 262 g/mol. The predicted octanol–water partition coefficient (Wildman–Crippen LogP) is 1.46. The summed E-state index contributed by atoms with van der Waals surface area (Å²) in [6, 6.07) is 1.72. The number of ketones is 1. The molecule has 4 nitrogen and oxygen atoms in total. The molecule has 0 radical (unpaired) electrons. The highest BCUT2D eigenvalue weighted by molar-refractivity contribution is 9.10. The zero-order valence-electron chi connectivity index (χ0n) is 8.33. The number of hydrogen-bond acceptors (Lipinski definition) is 4. The van der Waals surface area contributed by atoms with Crippen LogP contribution in [-0.4, -0.2) is 32.1 Å². The Labute approximate surface area is 96.1 Å². The van der Waals surface area contributed by atoms with E-state index < -0.39 is 0 Å². The van der Waals surface area contributed by atoms with E-state index in [9.17, 15) is 4.79 Å². The average Bonchev–Trinajstić information content (AvgIpc) is 2.84. The molecule has 0 aliphatic carbocycles. The van der Waals surface area contributed by atoms with E-state index in [0.717, 1.165) is 0 Å². The lowest BCUT2D eigenvalue weighted by Gasteiger charge is -2.14. The third-order valence-corrected chi connectivity index (χ3v) is 3.26. The quantitative estimate of drug-likeness (QED) is 0.848. The van der Waals surface area contributed by atoms with Crippen LogP contribution in [0.25, 0.3) is 0 Å². The number of hydrogen-bond donors (Lipinski definition) is 1. The van der Waals surface area contributed by atoms with E-state index >= 15 is 0 Å². The maximum Gasteiger partial charge on any atom is 0.206 e. The average molecular weight is 274 g/mol. The summed E-state index contributed by atoms with van der Waals surface area (Å²) in [6.45, 7) is 1.36. The van der Waals surface area contributed by atoms with Gasteiger partial charge in [-0.05, 0) is 22.0 Å². The number of rotatable bonds is 3. The second-order valence-electron chi connectivity index (χ2n) is 3.50. The van der Waals surface area contributed by atoms with Crippen LogP contribution in [0.3, 0.4) is 0 Å². The maximum absolute atomic E-state index is 12.1. The van der Waals surface area contributed by atoms with Crippen molar-refractivity contribution in [2.75, 3.05) is 20.2 Å². The summed E-state index contributed by atoms with van der Waals surface area (Å²) in [6.07, 6.45) is 1.44. The molecule has 0 saturated carbocycles. The number of furan rings is 1. The molecule has 1 aromatic heterocycles. The monoisotopic (exact) mass is 273 g/mol. The van der Waals surface area contributed by atoms with E-state index in [1.807, 2.05) is 0 Å². The third kappa shape index (κ3) is 2.00. The van der Waals surface area contributed by atoms with Gasteiger partial charge in [-0.1, -0.05) is 0 Å². The molecule has 1 aromatic rings. The number of Topliss-reactive ketones (excluding diaryl/α,β-unsaturated/α-hetero) is 1. The minimum absolute atomic E-state index is 0.0104. The smallest absolute Gasteiger partial charge is 0.206 e.